The number of aromatic nitrogens is 1. The second-order valence-corrected chi connectivity index (χ2v) is 10.9. The van der Waals surface area contributed by atoms with Gasteiger partial charge >= 0.3 is 5.97 Å². The SMILES string of the molecule is COc1cc2c(Sc3ccc(NC(=O)C4CC4)cc3)ccnc2cc1OCC[C@H](N)C(=O)OC1CCCC1. The topological polar surface area (TPSA) is 113 Å². The zero-order valence-electron chi connectivity index (χ0n) is 21.5. The number of anilines is 1. The number of nitrogens with zero attached hydrogens (tertiary/aromatic N) is 1. The van der Waals surface area contributed by atoms with Crippen LogP contribution in [0.2, 0.25) is 0 Å². The van der Waals surface area contributed by atoms with Crippen molar-refractivity contribution in [3.05, 3.63) is 48.7 Å². The molecule has 2 aliphatic carbocycles. The fourth-order valence-corrected chi connectivity index (χ4v) is 5.41. The number of esters is 1. The lowest BCUT2D eigenvalue weighted by Crippen LogP contribution is -2.35. The van der Waals surface area contributed by atoms with E-state index in [0.29, 0.717) is 17.9 Å². The van der Waals surface area contributed by atoms with Gasteiger partial charge in [0.05, 0.1) is 19.2 Å². The van der Waals surface area contributed by atoms with Crippen LogP contribution in [0.3, 0.4) is 0 Å². The Balaban J connectivity index is 1.22. The van der Waals surface area contributed by atoms with E-state index < -0.39 is 6.04 Å². The van der Waals surface area contributed by atoms with E-state index in [4.69, 9.17) is 19.9 Å². The van der Waals surface area contributed by atoms with E-state index in [1.807, 2.05) is 42.5 Å². The molecule has 0 spiro atoms. The molecular weight excluding hydrogens is 502 g/mol. The molecule has 5 rings (SSSR count). The first-order chi connectivity index (χ1) is 18.5. The fourth-order valence-electron chi connectivity index (χ4n) is 4.48. The molecule has 0 bridgehead atoms. The number of nitrogens with two attached hydrogens (primary N) is 1. The number of amides is 1. The molecule has 0 saturated heterocycles. The summed E-state index contributed by atoms with van der Waals surface area (Å²) in [7, 11) is 1.59. The van der Waals surface area contributed by atoms with Crippen molar-refractivity contribution >= 4 is 40.2 Å². The van der Waals surface area contributed by atoms with E-state index in [2.05, 4.69) is 10.3 Å². The van der Waals surface area contributed by atoms with Gasteiger partial charge in [-0.15, -0.1) is 0 Å². The Morgan fingerprint density at radius 2 is 1.84 bits per heavy atom. The van der Waals surface area contributed by atoms with Gasteiger partial charge in [-0.25, -0.2) is 0 Å². The summed E-state index contributed by atoms with van der Waals surface area (Å²) in [4.78, 5) is 30.9. The molecule has 8 nitrogen and oxygen atoms in total. The summed E-state index contributed by atoms with van der Waals surface area (Å²) in [5.41, 5.74) is 7.62. The summed E-state index contributed by atoms with van der Waals surface area (Å²) >= 11 is 1.61. The van der Waals surface area contributed by atoms with Crippen LogP contribution in [0.4, 0.5) is 5.69 Å². The number of fused-ring (bicyclic) bond motifs is 1. The number of rotatable bonds is 11. The van der Waals surface area contributed by atoms with Gasteiger partial charge in [-0.2, -0.15) is 0 Å². The molecule has 9 heteroatoms. The second-order valence-electron chi connectivity index (χ2n) is 9.81. The summed E-state index contributed by atoms with van der Waals surface area (Å²) in [5, 5.41) is 3.90. The third-order valence-corrected chi connectivity index (χ3v) is 7.94. The van der Waals surface area contributed by atoms with E-state index in [-0.39, 0.29) is 30.5 Å². The Labute approximate surface area is 226 Å². The van der Waals surface area contributed by atoms with Crippen molar-refractivity contribution in [1.29, 1.82) is 0 Å². The molecule has 1 atom stereocenters. The highest BCUT2D eigenvalue weighted by atomic mass is 32.2. The first-order valence-corrected chi connectivity index (χ1v) is 14.0. The lowest BCUT2D eigenvalue weighted by atomic mass is 10.2. The standard InChI is InChI=1S/C29H33N3O5S/c1-35-25-16-22-24(17-26(25)36-15-13-23(30)29(34)37-20-4-2-3-5-20)31-14-12-27(22)38-21-10-8-19(9-11-21)32-28(33)18-6-7-18/h8-12,14,16-18,20,23H,2-7,13,15,30H2,1H3,(H,32,33)/t23-/m0/s1. The average molecular weight is 536 g/mol. The van der Waals surface area contributed by atoms with Crippen LogP contribution in [0.5, 0.6) is 11.5 Å². The van der Waals surface area contributed by atoms with Crippen LogP contribution in [0.25, 0.3) is 10.9 Å². The molecule has 3 aromatic rings. The highest BCUT2D eigenvalue weighted by molar-refractivity contribution is 7.99. The van der Waals surface area contributed by atoms with Crippen LogP contribution in [0, 0.1) is 5.92 Å². The van der Waals surface area contributed by atoms with E-state index >= 15 is 0 Å². The number of carbonyl (C=O) groups excluding carboxylic acids is 2. The predicted molar refractivity (Wildman–Crippen MR) is 147 cm³/mol. The largest absolute Gasteiger partial charge is 0.493 e. The summed E-state index contributed by atoms with van der Waals surface area (Å²) in [6, 6.07) is 12.8. The number of benzene rings is 2. The van der Waals surface area contributed by atoms with Gasteiger partial charge in [-0.1, -0.05) is 11.8 Å². The quantitative estimate of drug-likeness (QED) is 0.317. The Morgan fingerprint density at radius 1 is 1.08 bits per heavy atom. The van der Waals surface area contributed by atoms with Crippen molar-refractivity contribution in [1.82, 2.24) is 4.98 Å². The summed E-state index contributed by atoms with van der Waals surface area (Å²) in [5.74, 6) is 1.02. The molecule has 0 aliphatic heterocycles. The number of hydrogen-bond donors (Lipinski definition) is 2. The molecule has 2 aromatic carbocycles. The van der Waals surface area contributed by atoms with E-state index in [1.165, 1.54) is 0 Å². The fraction of sp³-hybridized carbons (Fsp3) is 0.414. The van der Waals surface area contributed by atoms with Gasteiger partial charge in [0.2, 0.25) is 5.91 Å². The molecule has 1 heterocycles. The number of ether oxygens (including phenoxy) is 3. The normalized spacial score (nSPS) is 16.3. The number of nitrogens with one attached hydrogen (secondary N) is 1. The molecule has 0 radical (unpaired) electrons. The molecule has 2 saturated carbocycles. The van der Waals surface area contributed by atoms with Gasteiger partial charge < -0.3 is 25.3 Å². The maximum atomic E-state index is 12.3. The Morgan fingerprint density at radius 3 is 2.55 bits per heavy atom. The summed E-state index contributed by atoms with van der Waals surface area (Å²) in [6.07, 6.45) is 8.09. The molecule has 38 heavy (non-hydrogen) atoms. The van der Waals surface area contributed by atoms with E-state index in [1.54, 1.807) is 25.1 Å². The second kappa shape index (κ2) is 12.0. The van der Waals surface area contributed by atoms with Crippen LogP contribution in [0.1, 0.15) is 44.9 Å². The van der Waals surface area contributed by atoms with Gasteiger partial charge in [0, 0.05) is 45.5 Å². The van der Waals surface area contributed by atoms with Crippen LogP contribution >= 0.6 is 11.8 Å². The molecule has 2 fully saturated rings. The van der Waals surface area contributed by atoms with Crippen LogP contribution < -0.4 is 20.5 Å². The number of pyridine rings is 1. The number of methoxy groups -OCH3 is 1. The Kier molecular flexibility index (Phi) is 8.34. The molecule has 3 N–H and O–H groups in total. The van der Waals surface area contributed by atoms with Gasteiger partial charge in [0.1, 0.15) is 12.1 Å². The first-order valence-electron chi connectivity index (χ1n) is 13.1. The first kappa shape index (κ1) is 26.3. The van der Waals surface area contributed by atoms with Gasteiger partial charge in [0.15, 0.2) is 11.5 Å². The van der Waals surface area contributed by atoms with Gasteiger partial charge in [0.25, 0.3) is 0 Å². The zero-order valence-corrected chi connectivity index (χ0v) is 22.3. The summed E-state index contributed by atoms with van der Waals surface area (Å²) < 4.78 is 17.1. The molecule has 2 aliphatic rings. The van der Waals surface area contributed by atoms with E-state index in [9.17, 15) is 9.59 Å². The molecule has 1 amide bonds. The highest BCUT2D eigenvalue weighted by Crippen LogP contribution is 2.39. The van der Waals surface area contributed by atoms with Crippen molar-refractivity contribution in [2.75, 3.05) is 19.0 Å². The maximum Gasteiger partial charge on any atom is 0.323 e. The summed E-state index contributed by atoms with van der Waals surface area (Å²) in [6.45, 7) is 0.251. The number of carbonyl (C=O) groups is 2. The molecule has 200 valence electrons. The molecule has 0 unspecified atom stereocenters. The Hall–Kier alpha value is -3.30. The van der Waals surface area contributed by atoms with Crippen molar-refractivity contribution in [3.8, 4) is 11.5 Å². The van der Waals surface area contributed by atoms with Gasteiger partial charge in [-0.3, -0.25) is 14.6 Å². The minimum absolute atomic E-state index is 0.000630. The molecule has 1 aromatic heterocycles. The van der Waals surface area contributed by atoms with Crippen molar-refractivity contribution in [2.24, 2.45) is 11.7 Å². The van der Waals surface area contributed by atoms with Crippen molar-refractivity contribution < 1.29 is 23.8 Å². The minimum atomic E-state index is -0.725. The van der Waals surface area contributed by atoms with E-state index in [0.717, 1.165) is 64.9 Å². The van der Waals surface area contributed by atoms with Crippen LogP contribution in [0.15, 0.2) is 58.5 Å². The van der Waals surface area contributed by atoms with Crippen LogP contribution in [-0.2, 0) is 14.3 Å². The minimum Gasteiger partial charge on any atom is -0.493 e. The van der Waals surface area contributed by atoms with Crippen molar-refractivity contribution in [2.45, 2.75) is 66.9 Å². The monoisotopic (exact) mass is 535 g/mol. The highest BCUT2D eigenvalue weighted by Gasteiger charge is 2.29. The zero-order chi connectivity index (χ0) is 26.5. The average Bonchev–Trinajstić information content (AvgIpc) is 3.66. The Bertz CT molecular complexity index is 1290. The van der Waals surface area contributed by atoms with Crippen LogP contribution in [-0.4, -0.2) is 42.7 Å². The molecular formula is C29H33N3O5S. The lowest BCUT2D eigenvalue weighted by molar-refractivity contribution is -0.150. The maximum absolute atomic E-state index is 12.3. The third kappa shape index (κ3) is 6.57. The van der Waals surface area contributed by atoms with Crippen molar-refractivity contribution in [3.63, 3.8) is 0 Å². The third-order valence-electron chi connectivity index (χ3n) is 6.86. The number of hydrogen-bond acceptors (Lipinski definition) is 8. The lowest BCUT2D eigenvalue weighted by Gasteiger charge is -2.17. The predicted octanol–water partition coefficient (Wildman–Crippen LogP) is 5.33. The smallest absolute Gasteiger partial charge is 0.323 e. The van der Waals surface area contributed by atoms with Gasteiger partial charge in [-0.05, 0) is 74.9 Å².